The molecule has 0 saturated carbocycles. The van der Waals surface area contributed by atoms with Gasteiger partial charge >= 0.3 is 5.97 Å². The molecule has 0 spiro atoms. The summed E-state index contributed by atoms with van der Waals surface area (Å²) in [6, 6.07) is 5.68. The molecule has 196 valence electrons. The summed E-state index contributed by atoms with van der Waals surface area (Å²) in [5.41, 5.74) is 1.55. The molecule has 1 aromatic carbocycles. The van der Waals surface area contributed by atoms with E-state index in [2.05, 4.69) is 16.9 Å². The molecule has 2 fully saturated rings. The van der Waals surface area contributed by atoms with Gasteiger partial charge in [-0.05, 0) is 49.8 Å². The number of halogens is 2. The minimum atomic E-state index is -2.47. The molecular weight excluding hydrogens is 518 g/mol. The molecule has 11 heteroatoms. The predicted molar refractivity (Wildman–Crippen MR) is 138 cm³/mol. The fourth-order valence-corrected chi connectivity index (χ4v) is 6.37. The summed E-state index contributed by atoms with van der Waals surface area (Å²) in [4.78, 5) is 40.3. The van der Waals surface area contributed by atoms with Gasteiger partial charge in [0.25, 0.3) is 11.7 Å². The number of nitrogens with zero attached hydrogens (tertiary/aromatic N) is 4. The van der Waals surface area contributed by atoms with E-state index in [1.807, 2.05) is 23.1 Å². The number of esters is 1. The van der Waals surface area contributed by atoms with E-state index in [1.165, 1.54) is 12.4 Å². The first-order valence-corrected chi connectivity index (χ1v) is 14.2. The van der Waals surface area contributed by atoms with Crippen molar-refractivity contribution in [1.82, 2.24) is 19.9 Å². The van der Waals surface area contributed by atoms with Gasteiger partial charge in [0, 0.05) is 48.3 Å². The van der Waals surface area contributed by atoms with E-state index < -0.39 is 5.76 Å². The molecule has 37 heavy (non-hydrogen) atoms. The molecule has 7 nitrogen and oxygen atoms in total. The molecule has 0 aliphatic carbocycles. The Morgan fingerprint density at radius 1 is 1.24 bits per heavy atom. The van der Waals surface area contributed by atoms with Crippen molar-refractivity contribution in [2.45, 2.75) is 49.7 Å². The molecule has 3 aromatic rings. The number of thiazole rings is 1. The van der Waals surface area contributed by atoms with Crippen molar-refractivity contribution in [2.24, 2.45) is 17.8 Å². The third-order valence-electron chi connectivity index (χ3n) is 7.06. The van der Waals surface area contributed by atoms with Gasteiger partial charge in [0.2, 0.25) is 0 Å². The van der Waals surface area contributed by atoms with E-state index in [-0.39, 0.29) is 23.7 Å². The summed E-state index contributed by atoms with van der Waals surface area (Å²) in [6.07, 6.45) is 6.98. The van der Waals surface area contributed by atoms with E-state index in [4.69, 9.17) is 9.72 Å². The number of benzene rings is 1. The van der Waals surface area contributed by atoms with Crippen LogP contribution in [0.25, 0.3) is 10.2 Å². The highest BCUT2D eigenvalue weighted by atomic mass is 32.2. The second-order valence-electron chi connectivity index (χ2n) is 9.72. The number of alkyl halides is 2. The molecule has 4 heterocycles. The van der Waals surface area contributed by atoms with Crippen molar-refractivity contribution in [1.29, 1.82) is 0 Å². The zero-order valence-corrected chi connectivity index (χ0v) is 22.1. The van der Waals surface area contributed by atoms with Crippen molar-refractivity contribution in [3.05, 3.63) is 47.0 Å². The summed E-state index contributed by atoms with van der Waals surface area (Å²) >= 11 is 2.07. The largest absolute Gasteiger partial charge is 0.465 e. The predicted octanol–water partition coefficient (Wildman–Crippen LogP) is 5.24. The summed E-state index contributed by atoms with van der Waals surface area (Å²) in [5, 5.41) is 1.04. The number of rotatable bonds is 9. The third kappa shape index (κ3) is 6.26. The Morgan fingerprint density at radius 2 is 2.03 bits per heavy atom. The SMILES string of the molecule is C[C@@H](CCc1ncc(SC(F)F)cn1)CCc1nc2ccc(C(=O)N3CCC4C(=O)OCC4C3)cc2s1. The number of cyclic esters (lactones) is 1. The minimum absolute atomic E-state index is 0.00803. The zero-order chi connectivity index (χ0) is 25.9. The standard InChI is InChI=1S/C26H28F2N4O3S2/c1-15(2-6-22-29-11-18(12-30-22)36-26(27)28)3-7-23-31-20-5-4-16(10-21(20)37-23)24(33)32-9-8-19-17(13-32)14-35-25(19)34/h4-5,10-12,15,17,19,26H,2-3,6-9,13-14H2,1H3/t15-,17?,19?/m0/s1. The lowest BCUT2D eigenvalue weighted by Crippen LogP contribution is -2.44. The van der Waals surface area contributed by atoms with Crippen LogP contribution in [-0.4, -0.2) is 57.2 Å². The van der Waals surface area contributed by atoms with E-state index in [0.29, 0.717) is 66.5 Å². The van der Waals surface area contributed by atoms with Crippen molar-refractivity contribution in [2.75, 3.05) is 19.7 Å². The van der Waals surface area contributed by atoms with Gasteiger partial charge in [-0.15, -0.1) is 11.3 Å². The maximum atomic E-state index is 13.1. The maximum absolute atomic E-state index is 13.1. The van der Waals surface area contributed by atoms with Crippen LogP contribution in [0.5, 0.6) is 0 Å². The van der Waals surface area contributed by atoms with Gasteiger partial charge < -0.3 is 9.64 Å². The smallest absolute Gasteiger partial charge is 0.309 e. The number of aryl methyl sites for hydroxylation is 2. The Labute approximate surface area is 222 Å². The number of hydrogen-bond acceptors (Lipinski definition) is 8. The second-order valence-corrected chi connectivity index (χ2v) is 11.9. The molecule has 0 radical (unpaired) electrons. The lowest BCUT2D eigenvalue weighted by atomic mass is 9.88. The third-order valence-corrected chi connectivity index (χ3v) is 8.80. The molecule has 2 saturated heterocycles. The van der Waals surface area contributed by atoms with Crippen LogP contribution in [0.2, 0.25) is 0 Å². The maximum Gasteiger partial charge on any atom is 0.309 e. The van der Waals surface area contributed by atoms with Crippen LogP contribution in [0.3, 0.4) is 0 Å². The average molecular weight is 547 g/mol. The monoisotopic (exact) mass is 546 g/mol. The van der Waals surface area contributed by atoms with Crippen LogP contribution < -0.4 is 0 Å². The van der Waals surface area contributed by atoms with Crippen LogP contribution in [0.15, 0.2) is 35.5 Å². The number of hydrogen-bond donors (Lipinski definition) is 0. The molecule has 2 unspecified atom stereocenters. The molecule has 0 bridgehead atoms. The van der Waals surface area contributed by atoms with E-state index in [0.717, 1.165) is 34.5 Å². The number of fused-ring (bicyclic) bond motifs is 2. The average Bonchev–Trinajstić information content (AvgIpc) is 3.48. The Morgan fingerprint density at radius 3 is 2.81 bits per heavy atom. The van der Waals surface area contributed by atoms with Gasteiger partial charge in [0.15, 0.2) is 0 Å². The van der Waals surface area contributed by atoms with Crippen LogP contribution in [-0.2, 0) is 22.4 Å². The number of ether oxygens (including phenoxy) is 1. The van der Waals surface area contributed by atoms with E-state index in [1.54, 1.807) is 11.3 Å². The number of carbonyl (C=O) groups is 2. The topological polar surface area (TPSA) is 85.3 Å². The van der Waals surface area contributed by atoms with Gasteiger partial charge in [0.05, 0.1) is 27.7 Å². The molecule has 2 aliphatic rings. The first-order valence-electron chi connectivity index (χ1n) is 12.5. The summed E-state index contributed by atoms with van der Waals surface area (Å²) < 4.78 is 31.0. The van der Waals surface area contributed by atoms with Gasteiger partial charge in [-0.1, -0.05) is 18.7 Å². The van der Waals surface area contributed by atoms with E-state index in [9.17, 15) is 18.4 Å². The zero-order valence-electron chi connectivity index (χ0n) is 20.4. The van der Waals surface area contributed by atoms with Crippen molar-refractivity contribution < 1.29 is 23.1 Å². The van der Waals surface area contributed by atoms with Gasteiger partial charge in [-0.25, -0.2) is 15.0 Å². The number of piperidine rings is 1. The number of carbonyl (C=O) groups excluding carboxylic acids is 2. The van der Waals surface area contributed by atoms with Crippen molar-refractivity contribution in [3.8, 4) is 0 Å². The highest BCUT2D eigenvalue weighted by Crippen LogP contribution is 2.32. The Kier molecular flexibility index (Phi) is 7.99. The molecule has 2 aromatic heterocycles. The second kappa shape index (κ2) is 11.4. The van der Waals surface area contributed by atoms with Gasteiger partial charge in [-0.2, -0.15) is 8.78 Å². The molecule has 5 rings (SSSR count). The summed E-state index contributed by atoms with van der Waals surface area (Å²) in [7, 11) is 0. The number of aromatic nitrogens is 3. The van der Waals surface area contributed by atoms with Crippen molar-refractivity contribution in [3.63, 3.8) is 0 Å². The molecule has 0 N–H and O–H groups in total. The van der Waals surface area contributed by atoms with Crippen LogP contribution >= 0.6 is 23.1 Å². The van der Waals surface area contributed by atoms with Crippen LogP contribution in [0, 0.1) is 17.8 Å². The first kappa shape index (κ1) is 26.0. The van der Waals surface area contributed by atoms with Gasteiger partial charge in [-0.3, -0.25) is 9.59 Å². The molecule has 1 amide bonds. The molecule has 3 atom stereocenters. The normalized spacial score (nSPS) is 20.3. The van der Waals surface area contributed by atoms with Crippen LogP contribution in [0.1, 0.15) is 47.4 Å². The summed E-state index contributed by atoms with van der Waals surface area (Å²) in [5.74, 6) is -1.48. The minimum Gasteiger partial charge on any atom is -0.465 e. The highest BCUT2D eigenvalue weighted by Gasteiger charge is 2.42. The molecule has 2 aliphatic heterocycles. The Bertz CT molecular complexity index is 1270. The lowest BCUT2D eigenvalue weighted by Gasteiger charge is -2.32. The number of likely N-dealkylation sites (tertiary alicyclic amines) is 1. The van der Waals surface area contributed by atoms with Crippen LogP contribution in [0.4, 0.5) is 8.78 Å². The lowest BCUT2D eigenvalue weighted by molar-refractivity contribution is -0.141. The fourth-order valence-electron chi connectivity index (χ4n) is 4.91. The van der Waals surface area contributed by atoms with Crippen molar-refractivity contribution >= 4 is 45.2 Å². The Hall–Kier alpha value is -2.66. The Balaban J connectivity index is 1.13. The first-order chi connectivity index (χ1) is 17.9. The van der Waals surface area contributed by atoms with E-state index >= 15 is 0 Å². The number of amides is 1. The quantitative estimate of drug-likeness (QED) is 0.268. The molecular formula is C26H28F2N4O3S2. The summed E-state index contributed by atoms with van der Waals surface area (Å²) in [6.45, 7) is 3.71. The fraction of sp³-hybridized carbons (Fsp3) is 0.500. The highest BCUT2D eigenvalue weighted by molar-refractivity contribution is 7.99. The number of thioether (sulfide) groups is 1. The van der Waals surface area contributed by atoms with Gasteiger partial charge in [0.1, 0.15) is 5.82 Å².